The van der Waals surface area contributed by atoms with Gasteiger partial charge in [0.25, 0.3) is 0 Å². The molecule has 2 rings (SSSR count). The van der Waals surface area contributed by atoms with Gasteiger partial charge in [0, 0.05) is 18.2 Å². The molecule has 0 bridgehead atoms. The van der Waals surface area contributed by atoms with E-state index in [1.807, 2.05) is 53.9 Å². The van der Waals surface area contributed by atoms with E-state index in [0.29, 0.717) is 5.91 Å². The zero-order chi connectivity index (χ0) is 12.1. The summed E-state index contributed by atoms with van der Waals surface area (Å²) in [5.74, 6) is 2.79. The van der Waals surface area contributed by atoms with Crippen LogP contribution in [0.2, 0.25) is 0 Å². The predicted octanol–water partition coefficient (Wildman–Crippen LogP) is 3.18. The van der Waals surface area contributed by atoms with Gasteiger partial charge in [-0.3, -0.25) is 4.79 Å². The molecule has 0 radical (unpaired) electrons. The smallest absolute Gasteiger partial charge is 0.230 e. The van der Waals surface area contributed by atoms with Gasteiger partial charge in [-0.05, 0) is 43.4 Å². The van der Waals surface area contributed by atoms with Gasteiger partial charge >= 0.3 is 0 Å². The highest BCUT2D eigenvalue weighted by Gasteiger charge is 2.25. The standard InChI is InChI=1S/C14H19NOS/c1-2-15(13-6-4-3-5-7-13)14(16)12-8-10-17-11-9-12/h3-7,12H,2,8-11H2,1H3. The van der Waals surface area contributed by atoms with Gasteiger partial charge in [-0.2, -0.15) is 11.8 Å². The Bertz CT molecular complexity index is 360. The van der Waals surface area contributed by atoms with Crippen molar-refractivity contribution in [3.63, 3.8) is 0 Å². The number of para-hydroxylation sites is 1. The van der Waals surface area contributed by atoms with Gasteiger partial charge in [-0.15, -0.1) is 0 Å². The fourth-order valence-corrected chi connectivity index (χ4v) is 3.35. The van der Waals surface area contributed by atoms with Crippen LogP contribution >= 0.6 is 11.8 Å². The molecular weight excluding hydrogens is 230 g/mol. The Morgan fingerprint density at radius 2 is 1.94 bits per heavy atom. The number of amides is 1. The van der Waals surface area contributed by atoms with Gasteiger partial charge in [0.2, 0.25) is 5.91 Å². The van der Waals surface area contributed by atoms with Crippen molar-refractivity contribution in [1.29, 1.82) is 0 Å². The quantitative estimate of drug-likeness (QED) is 0.820. The molecule has 1 amide bonds. The lowest BCUT2D eigenvalue weighted by molar-refractivity contribution is -0.122. The summed E-state index contributed by atoms with van der Waals surface area (Å²) in [5.41, 5.74) is 1.03. The Labute approximate surface area is 107 Å². The Hall–Kier alpha value is -0.960. The maximum atomic E-state index is 12.4. The highest BCUT2D eigenvalue weighted by atomic mass is 32.2. The van der Waals surface area contributed by atoms with Gasteiger partial charge in [0.05, 0.1) is 0 Å². The predicted molar refractivity (Wildman–Crippen MR) is 74.5 cm³/mol. The summed E-state index contributed by atoms with van der Waals surface area (Å²) in [6, 6.07) is 9.99. The third-order valence-electron chi connectivity index (χ3n) is 3.22. The monoisotopic (exact) mass is 249 g/mol. The SMILES string of the molecule is CCN(C(=O)C1CCSCC1)c1ccccc1. The van der Waals surface area contributed by atoms with Crippen molar-refractivity contribution in [3.8, 4) is 0 Å². The van der Waals surface area contributed by atoms with E-state index in [-0.39, 0.29) is 5.92 Å². The van der Waals surface area contributed by atoms with Crippen LogP contribution in [0.3, 0.4) is 0 Å². The molecule has 0 atom stereocenters. The van der Waals surface area contributed by atoms with Crippen LogP contribution in [0.15, 0.2) is 30.3 Å². The maximum Gasteiger partial charge on any atom is 0.230 e. The van der Waals surface area contributed by atoms with E-state index in [4.69, 9.17) is 0 Å². The Kier molecular flexibility index (Phi) is 4.49. The summed E-state index contributed by atoms with van der Waals surface area (Å²) >= 11 is 1.96. The summed E-state index contributed by atoms with van der Waals surface area (Å²) in [5, 5.41) is 0. The van der Waals surface area contributed by atoms with Crippen LogP contribution in [0, 0.1) is 5.92 Å². The highest BCUT2D eigenvalue weighted by molar-refractivity contribution is 7.99. The molecular formula is C14H19NOS. The van der Waals surface area contributed by atoms with Crippen molar-refractivity contribution in [1.82, 2.24) is 0 Å². The zero-order valence-corrected chi connectivity index (χ0v) is 11.1. The number of anilines is 1. The molecule has 2 nitrogen and oxygen atoms in total. The molecule has 0 N–H and O–H groups in total. The molecule has 1 aromatic rings. The summed E-state index contributed by atoms with van der Waals surface area (Å²) in [6.07, 6.45) is 2.07. The number of carbonyl (C=O) groups is 1. The minimum atomic E-state index is 0.233. The average molecular weight is 249 g/mol. The molecule has 0 aliphatic carbocycles. The minimum absolute atomic E-state index is 0.233. The number of carbonyl (C=O) groups excluding carboxylic acids is 1. The first-order valence-corrected chi connectivity index (χ1v) is 7.42. The van der Waals surface area contributed by atoms with Crippen LogP contribution < -0.4 is 4.90 Å². The summed E-state index contributed by atoms with van der Waals surface area (Å²) in [7, 11) is 0. The molecule has 0 aromatic heterocycles. The number of hydrogen-bond donors (Lipinski definition) is 0. The van der Waals surface area contributed by atoms with Crippen molar-refractivity contribution >= 4 is 23.4 Å². The topological polar surface area (TPSA) is 20.3 Å². The van der Waals surface area contributed by atoms with E-state index < -0.39 is 0 Å². The minimum Gasteiger partial charge on any atom is -0.312 e. The van der Waals surface area contributed by atoms with Crippen molar-refractivity contribution in [2.24, 2.45) is 5.92 Å². The van der Waals surface area contributed by atoms with E-state index in [0.717, 1.165) is 36.6 Å². The van der Waals surface area contributed by atoms with Gasteiger partial charge in [0.15, 0.2) is 0 Å². The normalized spacial score (nSPS) is 16.8. The summed E-state index contributed by atoms with van der Waals surface area (Å²) in [4.78, 5) is 14.4. The molecule has 1 aliphatic rings. The maximum absolute atomic E-state index is 12.4. The van der Waals surface area contributed by atoms with Crippen LogP contribution in [0.1, 0.15) is 19.8 Å². The molecule has 1 fully saturated rings. The first-order valence-electron chi connectivity index (χ1n) is 6.27. The molecule has 1 saturated heterocycles. The van der Waals surface area contributed by atoms with Gasteiger partial charge in [0.1, 0.15) is 0 Å². The molecule has 0 spiro atoms. The van der Waals surface area contributed by atoms with Crippen LogP contribution in [-0.2, 0) is 4.79 Å². The van der Waals surface area contributed by atoms with Crippen molar-refractivity contribution in [2.75, 3.05) is 23.0 Å². The van der Waals surface area contributed by atoms with E-state index in [9.17, 15) is 4.79 Å². The second kappa shape index (κ2) is 6.10. The van der Waals surface area contributed by atoms with Gasteiger partial charge in [-0.25, -0.2) is 0 Å². The van der Waals surface area contributed by atoms with Crippen LogP contribution in [-0.4, -0.2) is 24.0 Å². The van der Waals surface area contributed by atoms with Gasteiger partial charge < -0.3 is 4.90 Å². The number of hydrogen-bond acceptors (Lipinski definition) is 2. The number of thioether (sulfide) groups is 1. The van der Waals surface area contributed by atoms with Crippen molar-refractivity contribution in [3.05, 3.63) is 30.3 Å². The third kappa shape index (κ3) is 3.03. The Morgan fingerprint density at radius 1 is 1.29 bits per heavy atom. The number of rotatable bonds is 3. The van der Waals surface area contributed by atoms with E-state index in [1.54, 1.807) is 0 Å². The molecule has 0 saturated carbocycles. The molecule has 1 aliphatic heterocycles. The summed E-state index contributed by atoms with van der Waals surface area (Å²) < 4.78 is 0. The lowest BCUT2D eigenvalue weighted by Gasteiger charge is -2.28. The molecule has 1 aromatic carbocycles. The first kappa shape index (κ1) is 12.5. The van der Waals surface area contributed by atoms with E-state index in [2.05, 4.69) is 0 Å². The average Bonchev–Trinajstić information content (AvgIpc) is 2.42. The number of nitrogens with zero attached hydrogens (tertiary/aromatic N) is 1. The van der Waals surface area contributed by atoms with Gasteiger partial charge in [-0.1, -0.05) is 18.2 Å². The zero-order valence-electron chi connectivity index (χ0n) is 10.3. The molecule has 92 valence electrons. The second-order valence-corrected chi connectivity index (χ2v) is 5.53. The Morgan fingerprint density at radius 3 is 2.53 bits per heavy atom. The Balaban J connectivity index is 2.10. The fourth-order valence-electron chi connectivity index (χ4n) is 2.24. The molecule has 17 heavy (non-hydrogen) atoms. The first-order chi connectivity index (χ1) is 8.33. The molecule has 1 heterocycles. The summed E-state index contributed by atoms with van der Waals surface area (Å²) in [6.45, 7) is 2.80. The van der Waals surface area contributed by atoms with Crippen LogP contribution in [0.25, 0.3) is 0 Å². The van der Waals surface area contributed by atoms with Crippen LogP contribution in [0.5, 0.6) is 0 Å². The second-order valence-electron chi connectivity index (χ2n) is 4.30. The fraction of sp³-hybridized carbons (Fsp3) is 0.500. The molecule has 3 heteroatoms. The third-order valence-corrected chi connectivity index (χ3v) is 4.27. The lowest BCUT2D eigenvalue weighted by Crippen LogP contribution is -2.37. The number of benzene rings is 1. The van der Waals surface area contributed by atoms with Crippen molar-refractivity contribution in [2.45, 2.75) is 19.8 Å². The van der Waals surface area contributed by atoms with Crippen molar-refractivity contribution < 1.29 is 4.79 Å². The largest absolute Gasteiger partial charge is 0.312 e. The lowest BCUT2D eigenvalue weighted by atomic mass is 10.0. The highest BCUT2D eigenvalue weighted by Crippen LogP contribution is 2.26. The van der Waals surface area contributed by atoms with Crippen LogP contribution in [0.4, 0.5) is 5.69 Å². The van der Waals surface area contributed by atoms with E-state index >= 15 is 0 Å². The molecule has 0 unspecified atom stereocenters. The van der Waals surface area contributed by atoms with E-state index in [1.165, 1.54) is 0 Å².